The Hall–Kier alpha value is -1.32. The minimum Gasteiger partial charge on any atom is -0.393 e. The van der Waals surface area contributed by atoms with E-state index in [0.29, 0.717) is 6.04 Å². The molecular weight excluding hydrogens is 200 g/mol. The standard InChI is InChI=1S/C13H16N2O/c16-11-5-10(6-11)14-7-9-8-15-13-4-2-1-3-12(9)13/h1-4,8,10-11,14-16H,5-7H2. The third-order valence-corrected chi connectivity index (χ3v) is 3.37. The van der Waals surface area contributed by atoms with Crippen molar-refractivity contribution in [1.29, 1.82) is 0 Å². The van der Waals surface area contributed by atoms with Crippen LogP contribution in [0.4, 0.5) is 0 Å². The molecule has 0 unspecified atom stereocenters. The smallest absolute Gasteiger partial charge is 0.0570 e. The van der Waals surface area contributed by atoms with Crippen molar-refractivity contribution >= 4 is 10.9 Å². The van der Waals surface area contributed by atoms with Crippen molar-refractivity contribution in [3.63, 3.8) is 0 Å². The second-order valence-electron chi connectivity index (χ2n) is 4.56. The molecule has 0 saturated heterocycles. The number of para-hydroxylation sites is 1. The van der Waals surface area contributed by atoms with Gasteiger partial charge in [-0.25, -0.2) is 0 Å². The number of hydrogen-bond acceptors (Lipinski definition) is 2. The van der Waals surface area contributed by atoms with E-state index in [-0.39, 0.29) is 6.10 Å². The fraction of sp³-hybridized carbons (Fsp3) is 0.385. The predicted molar refractivity (Wildman–Crippen MR) is 64.2 cm³/mol. The summed E-state index contributed by atoms with van der Waals surface area (Å²) in [4.78, 5) is 3.27. The van der Waals surface area contributed by atoms with Crippen LogP contribution in [0.3, 0.4) is 0 Å². The zero-order valence-electron chi connectivity index (χ0n) is 9.11. The van der Waals surface area contributed by atoms with Gasteiger partial charge in [-0.3, -0.25) is 0 Å². The number of fused-ring (bicyclic) bond motifs is 1. The summed E-state index contributed by atoms with van der Waals surface area (Å²) in [5, 5.41) is 14.0. The number of H-pyrrole nitrogens is 1. The molecule has 1 saturated carbocycles. The van der Waals surface area contributed by atoms with Crippen LogP contribution >= 0.6 is 0 Å². The van der Waals surface area contributed by atoms with Gasteiger partial charge in [0.05, 0.1) is 6.10 Å². The fourth-order valence-electron chi connectivity index (χ4n) is 2.29. The molecule has 0 spiro atoms. The Balaban J connectivity index is 1.70. The lowest BCUT2D eigenvalue weighted by atomic mass is 9.89. The minimum absolute atomic E-state index is 0.0829. The first kappa shape index (κ1) is 9.87. The topological polar surface area (TPSA) is 48.0 Å². The van der Waals surface area contributed by atoms with Crippen molar-refractivity contribution in [2.75, 3.05) is 0 Å². The van der Waals surface area contributed by atoms with E-state index in [1.807, 2.05) is 6.07 Å². The minimum atomic E-state index is -0.0829. The van der Waals surface area contributed by atoms with Crippen LogP contribution in [0, 0.1) is 0 Å². The number of aromatic amines is 1. The molecule has 3 rings (SSSR count). The van der Waals surface area contributed by atoms with E-state index < -0.39 is 0 Å². The van der Waals surface area contributed by atoms with E-state index in [1.54, 1.807) is 0 Å². The fourth-order valence-corrected chi connectivity index (χ4v) is 2.29. The van der Waals surface area contributed by atoms with Crippen LogP contribution in [-0.2, 0) is 6.54 Å². The van der Waals surface area contributed by atoms with E-state index in [9.17, 15) is 5.11 Å². The SMILES string of the molecule is OC1CC(NCc2c[nH]c3ccccc23)C1. The summed E-state index contributed by atoms with van der Waals surface area (Å²) in [6, 6.07) is 8.82. The molecular formula is C13H16N2O. The molecule has 16 heavy (non-hydrogen) atoms. The van der Waals surface area contributed by atoms with Gasteiger partial charge in [-0.2, -0.15) is 0 Å². The van der Waals surface area contributed by atoms with Gasteiger partial charge < -0.3 is 15.4 Å². The van der Waals surface area contributed by atoms with Gasteiger partial charge in [-0.15, -0.1) is 0 Å². The second kappa shape index (κ2) is 3.92. The van der Waals surface area contributed by atoms with Gasteiger partial charge in [-0.1, -0.05) is 18.2 Å². The zero-order chi connectivity index (χ0) is 11.0. The van der Waals surface area contributed by atoms with Crippen LogP contribution in [0.1, 0.15) is 18.4 Å². The van der Waals surface area contributed by atoms with Crippen LogP contribution < -0.4 is 5.32 Å². The van der Waals surface area contributed by atoms with Crippen LogP contribution in [0.2, 0.25) is 0 Å². The maximum absolute atomic E-state index is 9.20. The molecule has 1 aromatic heterocycles. The van der Waals surface area contributed by atoms with Crippen LogP contribution in [-0.4, -0.2) is 22.2 Å². The predicted octanol–water partition coefficient (Wildman–Crippen LogP) is 1.78. The van der Waals surface area contributed by atoms with E-state index >= 15 is 0 Å². The molecule has 1 aliphatic carbocycles. The van der Waals surface area contributed by atoms with Gasteiger partial charge in [0, 0.05) is 29.7 Å². The molecule has 1 fully saturated rings. The summed E-state index contributed by atoms with van der Waals surface area (Å²) in [6.45, 7) is 0.876. The maximum atomic E-state index is 9.20. The maximum Gasteiger partial charge on any atom is 0.0570 e. The van der Waals surface area contributed by atoms with Crippen molar-refractivity contribution in [3.05, 3.63) is 36.0 Å². The van der Waals surface area contributed by atoms with Gasteiger partial charge >= 0.3 is 0 Å². The molecule has 3 heteroatoms. The summed E-state index contributed by atoms with van der Waals surface area (Å²) in [5.41, 5.74) is 2.49. The summed E-state index contributed by atoms with van der Waals surface area (Å²) in [6.07, 6.45) is 3.76. The molecule has 2 aromatic rings. The Bertz CT molecular complexity index is 485. The Morgan fingerprint density at radius 2 is 2.12 bits per heavy atom. The monoisotopic (exact) mass is 216 g/mol. The molecule has 0 aliphatic heterocycles. The third-order valence-electron chi connectivity index (χ3n) is 3.37. The van der Waals surface area contributed by atoms with E-state index in [1.165, 1.54) is 16.5 Å². The Morgan fingerprint density at radius 3 is 2.94 bits per heavy atom. The first-order valence-corrected chi connectivity index (χ1v) is 5.79. The lowest BCUT2D eigenvalue weighted by Gasteiger charge is -2.32. The second-order valence-corrected chi connectivity index (χ2v) is 4.56. The Kier molecular flexibility index (Phi) is 2.42. The number of nitrogens with one attached hydrogen (secondary N) is 2. The normalized spacial score (nSPS) is 24.6. The van der Waals surface area contributed by atoms with Crippen molar-refractivity contribution in [3.8, 4) is 0 Å². The summed E-state index contributed by atoms with van der Waals surface area (Å²) in [5.74, 6) is 0. The highest BCUT2D eigenvalue weighted by molar-refractivity contribution is 5.82. The third kappa shape index (κ3) is 1.72. The number of rotatable bonds is 3. The molecule has 84 valence electrons. The summed E-state index contributed by atoms with van der Waals surface area (Å²) < 4.78 is 0. The molecule has 0 atom stereocenters. The Morgan fingerprint density at radius 1 is 1.31 bits per heavy atom. The van der Waals surface area contributed by atoms with Crippen LogP contribution in [0.25, 0.3) is 10.9 Å². The van der Waals surface area contributed by atoms with E-state index in [2.05, 4.69) is 34.7 Å². The first-order valence-electron chi connectivity index (χ1n) is 5.79. The van der Waals surface area contributed by atoms with Crippen LogP contribution in [0.5, 0.6) is 0 Å². The number of benzene rings is 1. The highest BCUT2D eigenvalue weighted by atomic mass is 16.3. The molecule has 1 aliphatic rings. The lowest BCUT2D eigenvalue weighted by Crippen LogP contribution is -2.43. The van der Waals surface area contributed by atoms with Gasteiger partial charge in [0.15, 0.2) is 0 Å². The molecule has 3 N–H and O–H groups in total. The highest BCUT2D eigenvalue weighted by Gasteiger charge is 2.26. The average molecular weight is 216 g/mol. The molecule has 1 heterocycles. The Labute approximate surface area is 94.5 Å². The molecule has 3 nitrogen and oxygen atoms in total. The molecule has 0 amide bonds. The van der Waals surface area contributed by atoms with E-state index in [0.717, 1.165) is 19.4 Å². The summed E-state index contributed by atoms with van der Waals surface area (Å²) in [7, 11) is 0. The van der Waals surface area contributed by atoms with Crippen LogP contribution in [0.15, 0.2) is 30.5 Å². The van der Waals surface area contributed by atoms with Gasteiger partial charge in [-0.05, 0) is 24.5 Å². The van der Waals surface area contributed by atoms with Crippen molar-refractivity contribution in [2.24, 2.45) is 0 Å². The first-order chi connectivity index (χ1) is 7.83. The molecule has 0 bridgehead atoms. The molecule has 1 aromatic carbocycles. The van der Waals surface area contributed by atoms with Crippen molar-refractivity contribution < 1.29 is 5.11 Å². The van der Waals surface area contributed by atoms with Gasteiger partial charge in [0.1, 0.15) is 0 Å². The van der Waals surface area contributed by atoms with Crippen molar-refractivity contribution in [1.82, 2.24) is 10.3 Å². The number of aliphatic hydroxyl groups excluding tert-OH is 1. The largest absolute Gasteiger partial charge is 0.393 e. The summed E-state index contributed by atoms with van der Waals surface area (Å²) >= 11 is 0. The number of aromatic nitrogens is 1. The highest BCUT2D eigenvalue weighted by Crippen LogP contribution is 2.21. The van der Waals surface area contributed by atoms with E-state index in [4.69, 9.17) is 0 Å². The van der Waals surface area contributed by atoms with Crippen molar-refractivity contribution in [2.45, 2.75) is 31.5 Å². The van der Waals surface area contributed by atoms with Gasteiger partial charge in [0.25, 0.3) is 0 Å². The quantitative estimate of drug-likeness (QED) is 0.732. The number of hydrogen-bond donors (Lipinski definition) is 3. The lowest BCUT2D eigenvalue weighted by molar-refractivity contribution is 0.0620. The molecule has 0 radical (unpaired) electrons. The average Bonchev–Trinajstić information content (AvgIpc) is 2.66. The zero-order valence-corrected chi connectivity index (χ0v) is 9.11. The number of aliphatic hydroxyl groups is 1. The van der Waals surface area contributed by atoms with Gasteiger partial charge in [0.2, 0.25) is 0 Å².